The molecule has 1 atom stereocenters. The summed E-state index contributed by atoms with van der Waals surface area (Å²) in [6.07, 6.45) is 0.0841. The molecular formula is C14H20O5S. The monoisotopic (exact) mass is 300 g/mol. The van der Waals surface area contributed by atoms with Crippen LogP contribution in [0.15, 0.2) is 29.2 Å². The van der Waals surface area contributed by atoms with Crippen LogP contribution in [-0.4, -0.2) is 44.4 Å². The van der Waals surface area contributed by atoms with Gasteiger partial charge in [-0.2, -0.15) is 0 Å². The summed E-state index contributed by atoms with van der Waals surface area (Å²) in [7, 11) is -3.39. The Balaban J connectivity index is 2.07. The third kappa shape index (κ3) is 3.79. The van der Waals surface area contributed by atoms with Crippen molar-refractivity contribution in [3.63, 3.8) is 0 Å². The van der Waals surface area contributed by atoms with E-state index in [2.05, 4.69) is 0 Å². The smallest absolute Gasteiger partial charge is 0.181 e. The number of benzene rings is 1. The summed E-state index contributed by atoms with van der Waals surface area (Å²) in [4.78, 5) is 0.271. The summed E-state index contributed by atoms with van der Waals surface area (Å²) in [6, 6.07) is 6.58. The van der Waals surface area contributed by atoms with Crippen molar-refractivity contribution in [3.05, 3.63) is 29.8 Å². The van der Waals surface area contributed by atoms with Crippen LogP contribution >= 0.6 is 0 Å². The second-order valence-electron chi connectivity index (χ2n) is 5.35. The number of hydrogen-bond acceptors (Lipinski definition) is 5. The van der Waals surface area contributed by atoms with Gasteiger partial charge in [-0.1, -0.05) is 12.1 Å². The second kappa shape index (κ2) is 5.81. The van der Waals surface area contributed by atoms with Gasteiger partial charge in [-0.3, -0.25) is 0 Å². The molecule has 1 aliphatic rings. The first-order chi connectivity index (χ1) is 9.32. The third-order valence-corrected chi connectivity index (χ3v) is 4.96. The van der Waals surface area contributed by atoms with Crippen molar-refractivity contribution < 1.29 is 23.0 Å². The Bertz CT molecular complexity index is 547. The van der Waals surface area contributed by atoms with E-state index >= 15 is 0 Å². The normalized spacial score (nSPS) is 22.1. The molecule has 0 aliphatic carbocycles. The Morgan fingerprint density at radius 2 is 1.95 bits per heavy atom. The number of aliphatic hydroxyl groups excluding tert-OH is 1. The van der Waals surface area contributed by atoms with Gasteiger partial charge in [-0.15, -0.1) is 0 Å². The Kier molecular flexibility index (Phi) is 4.49. The SMILES string of the molecule is CC1(C)OC[C@@H](CS(=O)(=O)c2ccc(CCO)cc2)O1. The van der Waals surface area contributed by atoms with Crippen LogP contribution in [0.2, 0.25) is 0 Å². The van der Waals surface area contributed by atoms with Gasteiger partial charge in [-0.05, 0) is 38.0 Å². The zero-order chi connectivity index (χ0) is 14.8. The van der Waals surface area contributed by atoms with Crippen LogP contribution in [0, 0.1) is 0 Å². The van der Waals surface area contributed by atoms with E-state index in [1.54, 1.807) is 38.1 Å². The first-order valence-corrected chi connectivity index (χ1v) is 8.22. The van der Waals surface area contributed by atoms with Crippen molar-refractivity contribution in [1.29, 1.82) is 0 Å². The van der Waals surface area contributed by atoms with Gasteiger partial charge >= 0.3 is 0 Å². The molecule has 1 aromatic rings. The lowest BCUT2D eigenvalue weighted by atomic mass is 10.2. The first kappa shape index (κ1) is 15.4. The Morgan fingerprint density at radius 3 is 2.45 bits per heavy atom. The minimum absolute atomic E-state index is 0.0500. The fraction of sp³-hybridized carbons (Fsp3) is 0.571. The van der Waals surface area contributed by atoms with Gasteiger partial charge in [0.05, 0.1) is 23.4 Å². The molecule has 0 unspecified atom stereocenters. The van der Waals surface area contributed by atoms with Gasteiger partial charge in [0.1, 0.15) is 0 Å². The lowest BCUT2D eigenvalue weighted by molar-refractivity contribution is -0.135. The fourth-order valence-electron chi connectivity index (χ4n) is 2.18. The maximum atomic E-state index is 12.3. The molecule has 5 nitrogen and oxygen atoms in total. The van der Waals surface area contributed by atoms with Crippen molar-refractivity contribution >= 4 is 9.84 Å². The summed E-state index contributed by atoms with van der Waals surface area (Å²) in [5.74, 6) is -0.805. The molecule has 0 spiro atoms. The van der Waals surface area contributed by atoms with E-state index in [1.807, 2.05) is 0 Å². The average molecular weight is 300 g/mol. The molecule has 6 heteroatoms. The molecular weight excluding hydrogens is 280 g/mol. The lowest BCUT2D eigenvalue weighted by Gasteiger charge is -2.17. The molecule has 1 saturated heterocycles. The topological polar surface area (TPSA) is 72.8 Å². The van der Waals surface area contributed by atoms with Crippen molar-refractivity contribution in [2.45, 2.75) is 37.1 Å². The predicted molar refractivity (Wildman–Crippen MR) is 74.2 cm³/mol. The molecule has 1 fully saturated rings. The highest BCUT2D eigenvalue weighted by Crippen LogP contribution is 2.25. The van der Waals surface area contributed by atoms with E-state index in [0.717, 1.165) is 5.56 Å². The maximum Gasteiger partial charge on any atom is 0.181 e. The van der Waals surface area contributed by atoms with Gasteiger partial charge in [-0.25, -0.2) is 8.42 Å². The maximum absolute atomic E-state index is 12.3. The van der Waals surface area contributed by atoms with Gasteiger partial charge in [0.25, 0.3) is 0 Å². The number of rotatable bonds is 5. The van der Waals surface area contributed by atoms with Crippen molar-refractivity contribution in [1.82, 2.24) is 0 Å². The highest BCUT2D eigenvalue weighted by atomic mass is 32.2. The van der Waals surface area contributed by atoms with Crippen LogP contribution < -0.4 is 0 Å². The molecule has 1 aliphatic heterocycles. The van der Waals surface area contributed by atoms with E-state index in [4.69, 9.17) is 14.6 Å². The predicted octanol–water partition coefficient (Wildman–Crippen LogP) is 1.15. The van der Waals surface area contributed by atoms with Crippen LogP contribution in [0.1, 0.15) is 19.4 Å². The molecule has 1 aromatic carbocycles. The third-order valence-electron chi connectivity index (χ3n) is 3.16. The van der Waals surface area contributed by atoms with Crippen LogP contribution in [0.25, 0.3) is 0 Å². The summed E-state index contributed by atoms with van der Waals surface area (Å²) in [5, 5.41) is 8.84. The molecule has 112 valence electrons. The number of ether oxygens (including phenoxy) is 2. The standard InChI is InChI=1S/C14H20O5S/c1-14(2)18-9-12(19-14)10-20(16,17)13-5-3-11(4-6-13)7-8-15/h3-6,12,15H,7-10H2,1-2H3/t12-/m0/s1. The van der Waals surface area contributed by atoms with Crippen molar-refractivity contribution in [2.75, 3.05) is 19.0 Å². The molecule has 2 rings (SSSR count). The Labute approximate surface area is 119 Å². The van der Waals surface area contributed by atoms with Crippen molar-refractivity contribution in [3.8, 4) is 0 Å². The molecule has 0 saturated carbocycles. The van der Waals surface area contributed by atoms with E-state index in [-0.39, 0.29) is 23.9 Å². The van der Waals surface area contributed by atoms with Crippen LogP contribution in [-0.2, 0) is 25.7 Å². The van der Waals surface area contributed by atoms with Gasteiger partial charge in [0, 0.05) is 6.61 Å². The summed E-state index contributed by atoms with van der Waals surface area (Å²) >= 11 is 0. The second-order valence-corrected chi connectivity index (χ2v) is 7.38. The number of sulfone groups is 1. The fourth-order valence-corrected chi connectivity index (χ4v) is 3.58. The van der Waals surface area contributed by atoms with Crippen molar-refractivity contribution in [2.24, 2.45) is 0 Å². The van der Waals surface area contributed by atoms with E-state index in [9.17, 15) is 8.42 Å². The first-order valence-electron chi connectivity index (χ1n) is 6.57. The molecule has 0 amide bonds. The van der Waals surface area contributed by atoms with Crippen LogP contribution in [0.3, 0.4) is 0 Å². The molecule has 0 radical (unpaired) electrons. The minimum atomic E-state index is -3.39. The summed E-state index contributed by atoms with van der Waals surface area (Å²) in [5.41, 5.74) is 0.910. The highest BCUT2D eigenvalue weighted by Gasteiger charge is 2.35. The molecule has 20 heavy (non-hydrogen) atoms. The number of aliphatic hydroxyl groups is 1. The molecule has 1 heterocycles. The van der Waals surface area contributed by atoms with E-state index in [1.165, 1.54) is 0 Å². The summed E-state index contributed by atoms with van der Waals surface area (Å²) < 4.78 is 35.5. The van der Waals surface area contributed by atoms with Crippen LogP contribution in [0.4, 0.5) is 0 Å². The molecule has 1 N–H and O–H groups in total. The Morgan fingerprint density at radius 1 is 1.30 bits per heavy atom. The van der Waals surface area contributed by atoms with Gasteiger partial charge in [0.2, 0.25) is 0 Å². The lowest BCUT2D eigenvalue weighted by Crippen LogP contribution is -2.26. The van der Waals surface area contributed by atoms with Gasteiger partial charge in [0.15, 0.2) is 15.6 Å². The molecule has 0 bridgehead atoms. The number of hydrogen-bond donors (Lipinski definition) is 1. The Hall–Kier alpha value is -0.950. The minimum Gasteiger partial charge on any atom is -0.396 e. The van der Waals surface area contributed by atoms with E-state index in [0.29, 0.717) is 6.42 Å². The quantitative estimate of drug-likeness (QED) is 0.883. The van der Waals surface area contributed by atoms with E-state index < -0.39 is 21.7 Å². The average Bonchev–Trinajstić information content (AvgIpc) is 2.69. The van der Waals surface area contributed by atoms with Gasteiger partial charge < -0.3 is 14.6 Å². The highest BCUT2D eigenvalue weighted by molar-refractivity contribution is 7.91. The van der Waals surface area contributed by atoms with Crippen LogP contribution in [0.5, 0.6) is 0 Å². The summed E-state index contributed by atoms with van der Waals surface area (Å²) in [6.45, 7) is 3.87. The zero-order valence-electron chi connectivity index (χ0n) is 11.7. The zero-order valence-corrected chi connectivity index (χ0v) is 12.5. The molecule has 0 aromatic heterocycles. The largest absolute Gasteiger partial charge is 0.396 e.